The molecular formula is C26H28N4O6. The summed E-state index contributed by atoms with van der Waals surface area (Å²) in [6.45, 7) is 1.37. The molecule has 1 unspecified atom stereocenters. The van der Waals surface area contributed by atoms with Crippen LogP contribution < -0.4 is 10.6 Å². The quantitative estimate of drug-likeness (QED) is 0.283. The molecule has 0 aromatic heterocycles. The maximum absolute atomic E-state index is 13.9. The number of ketones is 1. The first-order valence-electron chi connectivity index (χ1n) is 11.7. The first-order valence-corrected chi connectivity index (χ1v) is 11.7. The fraction of sp³-hybridized carbons (Fsp3) is 0.346. The van der Waals surface area contributed by atoms with Crippen LogP contribution in [-0.2, 0) is 35.8 Å². The molecule has 2 fully saturated rings. The summed E-state index contributed by atoms with van der Waals surface area (Å²) in [5, 5.41) is 16.5. The lowest BCUT2D eigenvalue weighted by molar-refractivity contribution is -0.142. The minimum atomic E-state index is -1.69. The van der Waals surface area contributed by atoms with E-state index in [1.54, 1.807) is 53.4 Å². The summed E-state index contributed by atoms with van der Waals surface area (Å²) >= 11 is 0. The molecule has 0 radical (unpaired) electrons. The van der Waals surface area contributed by atoms with Crippen LogP contribution in [0, 0.1) is 5.41 Å². The number of nitrogens with one attached hydrogen (secondary N) is 1. The number of aryl methyl sites for hydroxylation is 1. The van der Waals surface area contributed by atoms with Crippen LogP contribution >= 0.6 is 0 Å². The monoisotopic (exact) mass is 492 g/mol. The molecule has 0 aliphatic carbocycles. The lowest BCUT2D eigenvalue weighted by atomic mass is 9.74. The molecule has 36 heavy (non-hydrogen) atoms. The van der Waals surface area contributed by atoms with Crippen LogP contribution in [-0.4, -0.2) is 72.3 Å². The van der Waals surface area contributed by atoms with Gasteiger partial charge in [0.05, 0.1) is 26.2 Å². The number of carbonyl (C=O) groups is 4. The summed E-state index contributed by atoms with van der Waals surface area (Å²) in [5.41, 5.74) is 5.95. The molecule has 0 saturated carbocycles. The number of carboxylic acid groups (broad SMARTS) is 1. The van der Waals surface area contributed by atoms with E-state index in [-0.39, 0.29) is 36.9 Å². The number of nitrogens with two attached hydrogens (primary N) is 1. The molecule has 2 saturated heterocycles. The van der Waals surface area contributed by atoms with Crippen molar-refractivity contribution >= 4 is 35.1 Å². The van der Waals surface area contributed by atoms with Gasteiger partial charge in [0, 0.05) is 30.8 Å². The van der Waals surface area contributed by atoms with Crippen LogP contribution in [0.25, 0.3) is 0 Å². The zero-order chi connectivity index (χ0) is 25.9. The number of carbonyl (C=O) groups excluding carboxylic acids is 3. The first-order chi connectivity index (χ1) is 17.2. The van der Waals surface area contributed by atoms with Gasteiger partial charge >= 0.3 is 5.97 Å². The summed E-state index contributed by atoms with van der Waals surface area (Å²) in [6, 6.07) is 13.1. The van der Waals surface area contributed by atoms with Gasteiger partial charge in [-0.2, -0.15) is 0 Å². The Labute approximate surface area is 208 Å². The van der Waals surface area contributed by atoms with Gasteiger partial charge in [-0.15, -0.1) is 0 Å². The Morgan fingerprint density at radius 1 is 1.03 bits per heavy atom. The number of amides is 2. The van der Waals surface area contributed by atoms with E-state index in [2.05, 4.69) is 0 Å². The number of Topliss-reactive ketones (excluding diaryl/α,β-unsaturated/α-hetero) is 1. The van der Waals surface area contributed by atoms with Crippen LogP contribution in [0.1, 0.15) is 29.5 Å². The van der Waals surface area contributed by atoms with E-state index in [1.165, 1.54) is 4.90 Å². The topological polar surface area (TPSA) is 154 Å². The average Bonchev–Trinajstić information content (AvgIpc) is 3.13. The van der Waals surface area contributed by atoms with Crippen LogP contribution in [0.15, 0.2) is 48.5 Å². The number of aliphatic carboxylic acids is 1. The van der Waals surface area contributed by atoms with Crippen molar-refractivity contribution in [1.29, 1.82) is 5.41 Å². The highest BCUT2D eigenvalue weighted by Crippen LogP contribution is 2.39. The maximum atomic E-state index is 13.9. The van der Waals surface area contributed by atoms with Crippen molar-refractivity contribution in [2.75, 3.05) is 37.7 Å². The largest absolute Gasteiger partial charge is 0.481 e. The molecule has 0 spiro atoms. The number of hydrogen-bond donors (Lipinski definition) is 3. The van der Waals surface area contributed by atoms with Crippen molar-refractivity contribution in [2.45, 2.75) is 24.7 Å². The van der Waals surface area contributed by atoms with Gasteiger partial charge in [-0.05, 0) is 41.8 Å². The van der Waals surface area contributed by atoms with Crippen LogP contribution in [0.5, 0.6) is 0 Å². The number of amidine groups is 1. The SMILES string of the molecule is N=C(N)c1ccc(N2CC(=O)C(CC(=O)N3CCOCC3)(c3ccc(CCC(=O)O)cc3)C2=O)cc1. The molecule has 2 aliphatic heterocycles. The van der Waals surface area contributed by atoms with Crippen molar-refractivity contribution in [2.24, 2.45) is 5.73 Å². The third kappa shape index (κ3) is 4.85. The minimum absolute atomic E-state index is 0.0398. The number of morpholine rings is 1. The van der Waals surface area contributed by atoms with Gasteiger partial charge in [0.25, 0.3) is 0 Å². The number of anilines is 1. The van der Waals surface area contributed by atoms with Crippen molar-refractivity contribution in [3.63, 3.8) is 0 Å². The number of carboxylic acids is 1. The second kappa shape index (κ2) is 10.3. The number of hydrogen-bond acceptors (Lipinski definition) is 6. The minimum Gasteiger partial charge on any atom is -0.481 e. The van der Waals surface area contributed by atoms with E-state index in [9.17, 15) is 19.2 Å². The van der Waals surface area contributed by atoms with Crippen LogP contribution in [0.2, 0.25) is 0 Å². The van der Waals surface area contributed by atoms with Gasteiger partial charge < -0.3 is 25.4 Å². The summed E-state index contributed by atoms with van der Waals surface area (Å²) in [5.74, 6) is -2.22. The molecule has 0 bridgehead atoms. The van der Waals surface area contributed by atoms with Gasteiger partial charge in [-0.3, -0.25) is 24.6 Å². The summed E-state index contributed by atoms with van der Waals surface area (Å²) in [7, 11) is 0. The van der Waals surface area contributed by atoms with Gasteiger partial charge in [0.1, 0.15) is 11.3 Å². The van der Waals surface area contributed by atoms with E-state index >= 15 is 0 Å². The molecule has 1 atom stereocenters. The fourth-order valence-electron chi connectivity index (χ4n) is 4.65. The first kappa shape index (κ1) is 25.1. The number of ether oxygens (including phenoxy) is 1. The molecular weight excluding hydrogens is 464 g/mol. The van der Waals surface area contributed by atoms with Crippen molar-refractivity contribution in [3.8, 4) is 0 Å². The Bertz CT molecular complexity index is 1190. The van der Waals surface area contributed by atoms with Gasteiger partial charge in [0.15, 0.2) is 5.78 Å². The zero-order valence-corrected chi connectivity index (χ0v) is 19.7. The maximum Gasteiger partial charge on any atom is 0.303 e. The molecule has 4 rings (SSSR count). The Balaban J connectivity index is 1.69. The average molecular weight is 493 g/mol. The number of nitrogens with zero attached hydrogens (tertiary/aromatic N) is 2. The molecule has 2 aromatic carbocycles. The van der Waals surface area contributed by atoms with Crippen LogP contribution in [0.4, 0.5) is 5.69 Å². The van der Waals surface area contributed by atoms with Crippen molar-refractivity contribution in [1.82, 2.24) is 4.90 Å². The second-order valence-electron chi connectivity index (χ2n) is 8.94. The van der Waals surface area contributed by atoms with E-state index in [1.807, 2.05) is 0 Å². The van der Waals surface area contributed by atoms with Crippen LogP contribution in [0.3, 0.4) is 0 Å². The second-order valence-corrected chi connectivity index (χ2v) is 8.94. The van der Waals surface area contributed by atoms with E-state index in [4.69, 9.17) is 21.0 Å². The zero-order valence-electron chi connectivity index (χ0n) is 19.7. The molecule has 2 heterocycles. The fourth-order valence-corrected chi connectivity index (χ4v) is 4.65. The third-order valence-electron chi connectivity index (χ3n) is 6.73. The highest BCUT2D eigenvalue weighted by Gasteiger charge is 2.56. The molecule has 2 amide bonds. The van der Waals surface area contributed by atoms with Crippen molar-refractivity contribution in [3.05, 3.63) is 65.2 Å². The molecule has 10 heteroatoms. The molecule has 2 aliphatic rings. The van der Waals surface area contributed by atoms with Crippen molar-refractivity contribution < 1.29 is 29.0 Å². The summed E-state index contributed by atoms with van der Waals surface area (Å²) in [4.78, 5) is 54.7. The Hall–Kier alpha value is -4.05. The highest BCUT2D eigenvalue weighted by atomic mass is 16.5. The third-order valence-corrected chi connectivity index (χ3v) is 6.73. The number of rotatable bonds is 8. The van der Waals surface area contributed by atoms with E-state index in [0.29, 0.717) is 49.5 Å². The Morgan fingerprint density at radius 2 is 1.67 bits per heavy atom. The highest BCUT2D eigenvalue weighted by molar-refractivity contribution is 6.26. The summed E-state index contributed by atoms with van der Waals surface area (Å²) in [6.07, 6.45) is -0.0328. The normalized spacial score (nSPS) is 20.0. The van der Waals surface area contributed by atoms with E-state index in [0.717, 1.165) is 5.56 Å². The Morgan fingerprint density at radius 3 is 2.25 bits per heavy atom. The number of nitrogen functional groups attached to an aromatic ring is 1. The standard InChI is InChI=1S/C26H28N4O6/c27-24(28)18-4-8-20(9-5-18)30-16-21(31)26(25(30)35,15-22(32)29-11-13-36-14-12-29)19-6-1-17(2-7-19)3-10-23(33)34/h1-2,4-9H,3,10-16H2,(H3,27,28)(H,33,34). The molecule has 188 valence electrons. The van der Waals surface area contributed by atoms with E-state index < -0.39 is 17.3 Å². The smallest absolute Gasteiger partial charge is 0.303 e. The van der Waals surface area contributed by atoms with Gasteiger partial charge in [0.2, 0.25) is 11.8 Å². The Kier molecular flexibility index (Phi) is 7.16. The predicted octanol–water partition coefficient (Wildman–Crippen LogP) is 1.09. The number of benzene rings is 2. The summed E-state index contributed by atoms with van der Waals surface area (Å²) < 4.78 is 5.32. The lowest BCUT2D eigenvalue weighted by Crippen LogP contribution is -2.48. The van der Waals surface area contributed by atoms with Gasteiger partial charge in [-0.1, -0.05) is 24.3 Å². The molecule has 2 aromatic rings. The predicted molar refractivity (Wildman–Crippen MR) is 131 cm³/mol. The molecule has 10 nitrogen and oxygen atoms in total. The van der Waals surface area contributed by atoms with Gasteiger partial charge in [-0.25, -0.2) is 0 Å². The molecule has 4 N–H and O–H groups in total. The lowest BCUT2D eigenvalue weighted by Gasteiger charge is -2.32.